The molecule has 116 valence electrons. The van der Waals surface area contributed by atoms with Crippen LogP contribution in [0, 0.1) is 0 Å². The van der Waals surface area contributed by atoms with E-state index >= 15 is 0 Å². The number of benzene rings is 2. The van der Waals surface area contributed by atoms with Crippen LogP contribution >= 0.6 is 0 Å². The normalized spacial score (nSPS) is 10.5. The van der Waals surface area contributed by atoms with E-state index < -0.39 is 0 Å². The molecule has 3 aromatic rings. The molecule has 0 unspecified atom stereocenters. The Balaban J connectivity index is 1.75. The van der Waals surface area contributed by atoms with Crippen LogP contribution in [0.4, 0.5) is 5.69 Å². The SMILES string of the molecule is CCc1ccc(NC(=O)c2cc(-c3cccc(O)c3)on2)cc1. The number of nitrogens with one attached hydrogen (secondary N) is 1. The molecule has 0 radical (unpaired) electrons. The van der Waals surface area contributed by atoms with E-state index in [1.54, 1.807) is 30.3 Å². The number of amides is 1. The van der Waals surface area contributed by atoms with Crippen molar-refractivity contribution in [3.8, 4) is 17.1 Å². The van der Waals surface area contributed by atoms with E-state index in [-0.39, 0.29) is 17.4 Å². The molecule has 0 aliphatic heterocycles. The van der Waals surface area contributed by atoms with Crippen LogP contribution in [0.5, 0.6) is 5.75 Å². The van der Waals surface area contributed by atoms with Gasteiger partial charge in [-0.1, -0.05) is 36.3 Å². The smallest absolute Gasteiger partial charge is 0.277 e. The molecule has 1 amide bonds. The van der Waals surface area contributed by atoms with Gasteiger partial charge >= 0.3 is 0 Å². The topological polar surface area (TPSA) is 75.4 Å². The lowest BCUT2D eigenvalue weighted by molar-refractivity contribution is 0.101. The Hall–Kier alpha value is -3.08. The Morgan fingerprint density at radius 1 is 1.17 bits per heavy atom. The van der Waals surface area contributed by atoms with Gasteiger partial charge in [-0.15, -0.1) is 0 Å². The quantitative estimate of drug-likeness (QED) is 0.767. The molecule has 1 aromatic heterocycles. The highest BCUT2D eigenvalue weighted by Gasteiger charge is 2.14. The number of hydrogen-bond acceptors (Lipinski definition) is 4. The van der Waals surface area contributed by atoms with Crippen LogP contribution in [0.3, 0.4) is 0 Å². The van der Waals surface area contributed by atoms with E-state index in [9.17, 15) is 9.90 Å². The molecular formula is C18H16N2O3. The van der Waals surface area contributed by atoms with Gasteiger partial charge in [0.15, 0.2) is 11.5 Å². The van der Waals surface area contributed by atoms with Crippen molar-refractivity contribution in [1.29, 1.82) is 0 Å². The van der Waals surface area contributed by atoms with Crippen LogP contribution in [-0.2, 0) is 6.42 Å². The molecule has 5 heteroatoms. The third-order valence-electron chi connectivity index (χ3n) is 3.49. The lowest BCUT2D eigenvalue weighted by Crippen LogP contribution is -2.12. The van der Waals surface area contributed by atoms with Gasteiger partial charge in [-0.25, -0.2) is 0 Å². The number of carbonyl (C=O) groups excluding carboxylic acids is 1. The monoisotopic (exact) mass is 308 g/mol. The van der Waals surface area contributed by atoms with Gasteiger partial charge in [-0.3, -0.25) is 4.79 Å². The number of aryl methyl sites for hydroxylation is 1. The molecule has 0 bridgehead atoms. The Morgan fingerprint density at radius 3 is 2.65 bits per heavy atom. The third kappa shape index (κ3) is 3.40. The minimum Gasteiger partial charge on any atom is -0.508 e. The summed E-state index contributed by atoms with van der Waals surface area (Å²) in [5.74, 6) is 0.206. The number of carbonyl (C=O) groups is 1. The van der Waals surface area contributed by atoms with Crippen LogP contribution in [0.1, 0.15) is 23.0 Å². The first-order chi connectivity index (χ1) is 11.2. The van der Waals surface area contributed by atoms with E-state index in [0.717, 1.165) is 6.42 Å². The average molecular weight is 308 g/mol. The Labute approximate surface area is 133 Å². The second-order valence-electron chi connectivity index (χ2n) is 5.13. The zero-order chi connectivity index (χ0) is 16.2. The van der Waals surface area contributed by atoms with Crippen molar-refractivity contribution in [3.05, 3.63) is 65.9 Å². The van der Waals surface area contributed by atoms with Crippen molar-refractivity contribution in [2.45, 2.75) is 13.3 Å². The molecule has 2 aromatic carbocycles. The van der Waals surface area contributed by atoms with Crippen molar-refractivity contribution >= 4 is 11.6 Å². The van der Waals surface area contributed by atoms with Gasteiger partial charge in [0.05, 0.1) is 0 Å². The van der Waals surface area contributed by atoms with E-state index in [1.807, 2.05) is 24.3 Å². The van der Waals surface area contributed by atoms with Crippen molar-refractivity contribution in [1.82, 2.24) is 5.16 Å². The van der Waals surface area contributed by atoms with E-state index in [4.69, 9.17) is 4.52 Å². The van der Waals surface area contributed by atoms with Gasteiger partial charge in [0.25, 0.3) is 5.91 Å². The number of anilines is 1. The zero-order valence-corrected chi connectivity index (χ0v) is 12.6. The van der Waals surface area contributed by atoms with Crippen LogP contribution < -0.4 is 5.32 Å². The zero-order valence-electron chi connectivity index (χ0n) is 12.6. The molecule has 5 nitrogen and oxygen atoms in total. The minimum absolute atomic E-state index is 0.126. The third-order valence-corrected chi connectivity index (χ3v) is 3.49. The largest absolute Gasteiger partial charge is 0.508 e. The highest BCUT2D eigenvalue weighted by atomic mass is 16.5. The summed E-state index contributed by atoms with van der Waals surface area (Å²) in [6.07, 6.45) is 0.949. The van der Waals surface area contributed by atoms with Crippen LogP contribution in [0.2, 0.25) is 0 Å². The number of nitrogens with zero attached hydrogens (tertiary/aromatic N) is 1. The fraction of sp³-hybridized carbons (Fsp3) is 0.111. The number of aromatic nitrogens is 1. The number of rotatable bonds is 4. The minimum atomic E-state index is -0.343. The Bertz CT molecular complexity index is 822. The van der Waals surface area contributed by atoms with Gasteiger partial charge in [-0.05, 0) is 36.2 Å². The maximum absolute atomic E-state index is 12.2. The first kappa shape index (κ1) is 14.8. The summed E-state index contributed by atoms with van der Waals surface area (Å²) in [4.78, 5) is 12.2. The summed E-state index contributed by atoms with van der Waals surface area (Å²) in [6.45, 7) is 2.08. The standard InChI is InChI=1S/C18H16N2O3/c1-2-12-6-8-14(9-7-12)19-18(22)16-11-17(23-20-16)13-4-3-5-15(21)10-13/h3-11,21H,2H2,1H3,(H,19,22). The lowest BCUT2D eigenvalue weighted by Gasteiger charge is -2.03. The first-order valence-corrected chi connectivity index (χ1v) is 7.32. The summed E-state index contributed by atoms with van der Waals surface area (Å²) < 4.78 is 5.18. The molecule has 23 heavy (non-hydrogen) atoms. The van der Waals surface area contributed by atoms with E-state index in [0.29, 0.717) is 17.0 Å². The van der Waals surface area contributed by atoms with Crippen molar-refractivity contribution < 1.29 is 14.4 Å². The van der Waals surface area contributed by atoms with Gasteiger partial charge < -0.3 is 14.9 Å². The number of phenolic OH excluding ortho intramolecular Hbond substituents is 1. The van der Waals surface area contributed by atoms with E-state index in [2.05, 4.69) is 17.4 Å². The fourth-order valence-electron chi connectivity index (χ4n) is 2.20. The molecule has 0 saturated carbocycles. The molecule has 2 N–H and O–H groups in total. The molecule has 0 aliphatic rings. The summed E-state index contributed by atoms with van der Waals surface area (Å²) in [7, 11) is 0. The maximum Gasteiger partial charge on any atom is 0.277 e. The van der Waals surface area contributed by atoms with Gasteiger partial charge in [0.2, 0.25) is 0 Å². The van der Waals surface area contributed by atoms with Gasteiger partial charge in [0, 0.05) is 17.3 Å². The van der Waals surface area contributed by atoms with Crippen molar-refractivity contribution in [2.24, 2.45) is 0 Å². The maximum atomic E-state index is 12.2. The van der Waals surface area contributed by atoms with Crippen LogP contribution in [0.25, 0.3) is 11.3 Å². The highest BCUT2D eigenvalue weighted by molar-refractivity contribution is 6.03. The molecule has 0 spiro atoms. The van der Waals surface area contributed by atoms with Crippen molar-refractivity contribution in [2.75, 3.05) is 5.32 Å². The average Bonchev–Trinajstić information content (AvgIpc) is 3.06. The fourth-order valence-corrected chi connectivity index (χ4v) is 2.20. The summed E-state index contributed by atoms with van der Waals surface area (Å²) in [6, 6.07) is 15.8. The highest BCUT2D eigenvalue weighted by Crippen LogP contribution is 2.24. The first-order valence-electron chi connectivity index (χ1n) is 7.32. The van der Waals surface area contributed by atoms with Crippen LogP contribution in [-0.4, -0.2) is 16.2 Å². The molecular weight excluding hydrogens is 292 g/mol. The lowest BCUT2D eigenvalue weighted by atomic mass is 10.1. The van der Waals surface area contributed by atoms with Crippen molar-refractivity contribution in [3.63, 3.8) is 0 Å². The molecule has 1 heterocycles. The number of hydrogen-bond donors (Lipinski definition) is 2. The number of phenols is 1. The van der Waals surface area contributed by atoms with Gasteiger partial charge in [-0.2, -0.15) is 0 Å². The second-order valence-corrected chi connectivity index (χ2v) is 5.13. The molecule has 0 atom stereocenters. The predicted molar refractivity (Wildman–Crippen MR) is 87.4 cm³/mol. The van der Waals surface area contributed by atoms with Crippen LogP contribution in [0.15, 0.2) is 59.1 Å². The summed E-state index contributed by atoms with van der Waals surface area (Å²) in [5, 5.41) is 16.0. The van der Waals surface area contributed by atoms with Gasteiger partial charge in [0.1, 0.15) is 5.75 Å². The summed E-state index contributed by atoms with van der Waals surface area (Å²) >= 11 is 0. The predicted octanol–water partition coefficient (Wildman–Crippen LogP) is 3.86. The Kier molecular flexibility index (Phi) is 4.10. The second kappa shape index (κ2) is 6.36. The Morgan fingerprint density at radius 2 is 1.96 bits per heavy atom. The summed E-state index contributed by atoms with van der Waals surface area (Å²) in [5.41, 5.74) is 2.75. The molecule has 0 fully saturated rings. The number of aromatic hydroxyl groups is 1. The molecule has 0 saturated heterocycles. The van der Waals surface area contributed by atoms with E-state index in [1.165, 1.54) is 5.56 Å². The molecule has 0 aliphatic carbocycles. The molecule has 3 rings (SSSR count).